The van der Waals surface area contributed by atoms with E-state index < -0.39 is 6.04 Å². The van der Waals surface area contributed by atoms with Crippen LogP contribution >= 0.6 is 11.3 Å². The molecule has 0 radical (unpaired) electrons. The summed E-state index contributed by atoms with van der Waals surface area (Å²) in [6, 6.07) is -1.10. The van der Waals surface area contributed by atoms with Crippen LogP contribution in [0.3, 0.4) is 0 Å². The van der Waals surface area contributed by atoms with Gasteiger partial charge in [-0.25, -0.2) is 4.98 Å². The molecule has 0 amide bonds. The zero-order valence-corrected chi connectivity index (χ0v) is 15.9. The summed E-state index contributed by atoms with van der Waals surface area (Å²) in [5.74, 6) is -0.198. The number of fused-ring (bicyclic) bond motifs is 3. The first-order chi connectivity index (χ1) is 11.8. The normalized spacial score (nSPS) is 14.3. The van der Waals surface area contributed by atoms with Crippen molar-refractivity contribution in [2.75, 3.05) is 14.1 Å². The fraction of sp³-hybridized carbons (Fsp3) is 0.556. The van der Waals surface area contributed by atoms with Gasteiger partial charge in [0, 0.05) is 4.88 Å². The molecular formula is C18H23N3O3S. The molecule has 0 aliphatic heterocycles. The Hall–Kier alpha value is -1.86. The van der Waals surface area contributed by atoms with Crippen molar-refractivity contribution in [2.24, 2.45) is 0 Å². The summed E-state index contributed by atoms with van der Waals surface area (Å²) < 4.78 is 1.33. The van der Waals surface area contributed by atoms with Crippen molar-refractivity contribution in [1.29, 1.82) is 0 Å². The minimum absolute atomic E-state index is 0.253. The number of aryl methyl sites for hydroxylation is 2. The van der Waals surface area contributed by atoms with Gasteiger partial charge in [-0.05, 0) is 59.2 Å². The molecule has 2 aromatic heterocycles. The van der Waals surface area contributed by atoms with E-state index >= 15 is 0 Å². The topological polar surface area (TPSA) is 72.3 Å². The Morgan fingerprint density at radius 1 is 1.20 bits per heavy atom. The first-order valence-electron chi connectivity index (χ1n) is 8.52. The molecule has 2 heterocycles. The second-order valence-electron chi connectivity index (χ2n) is 6.96. The number of hydrogen-bond acceptors (Lipinski definition) is 6. The molecule has 2 aromatic rings. The fourth-order valence-electron chi connectivity index (χ4n) is 3.57. The minimum Gasteiger partial charge on any atom is -0.302 e. The standard InChI is InChI=1S/C18H23N3O3S/c1-10(22)16(11(2)23)21-14(9-20(3)4)19-17-15(18(21)24)12-7-5-6-8-13(12)25-17/h16H,5-9H2,1-4H3. The second kappa shape index (κ2) is 6.80. The molecule has 0 bridgehead atoms. The molecule has 0 spiro atoms. The zero-order valence-electron chi connectivity index (χ0n) is 15.1. The third kappa shape index (κ3) is 3.18. The molecule has 0 saturated heterocycles. The lowest BCUT2D eigenvalue weighted by molar-refractivity contribution is -0.129. The van der Waals surface area contributed by atoms with Gasteiger partial charge in [-0.15, -0.1) is 11.3 Å². The van der Waals surface area contributed by atoms with Gasteiger partial charge < -0.3 is 4.90 Å². The molecule has 0 unspecified atom stereocenters. The van der Waals surface area contributed by atoms with Crippen molar-refractivity contribution in [1.82, 2.24) is 14.5 Å². The molecule has 1 aliphatic carbocycles. The van der Waals surface area contributed by atoms with E-state index in [4.69, 9.17) is 4.98 Å². The summed E-state index contributed by atoms with van der Waals surface area (Å²) in [5.41, 5.74) is 0.816. The van der Waals surface area contributed by atoms with E-state index in [-0.39, 0.29) is 17.1 Å². The molecule has 0 fully saturated rings. The predicted molar refractivity (Wildman–Crippen MR) is 98.3 cm³/mol. The van der Waals surface area contributed by atoms with E-state index in [1.165, 1.54) is 23.3 Å². The van der Waals surface area contributed by atoms with Crippen LogP contribution in [0.4, 0.5) is 0 Å². The largest absolute Gasteiger partial charge is 0.302 e. The van der Waals surface area contributed by atoms with Crippen LogP contribution in [0.5, 0.6) is 0 Å². The Morgan fingerprint density at radius 2 is 1.84 bits per heavy atom. The zero-order chi connectivity index (χ0) is 18.3. The number of aromatic nitrogens is 2. The van der Waals surface area contributed by atoms with E-state index in [2.05, 4.69) is 0 Å². The molecule has 0 aromatic carbocycles. The van der Waals surface area contributed by atoms with Crippen molar-refractivity contribution >= 4 is 33.1 Å². The van der Waals surface area contributed by atoms with Gasteiger partial charge >= 0.3 is 0 Å². The quantitative estimate of drug-likeness (QED) is 0.763. The predicted octanol–water partition coefficient (Wildman–Crippen LogP) is 2.12. The molecule has 25 heavy (non-hydrogen) atoms. The number of hydrogen-bond donors (Lipinski definition) is 0. The first-order valence-corrected chi connectivity index (χ1v) is 9.34. The smallest absolute Gasteiger partial charge is 0.263 e. The first kappa shape index (κ1) is 17.9. The third-order valence-electron chi connectivity index (χ3n) is 4.58. The number of thiophene rings is 1. The Labute approximate surface area is 150 Å². The SMILES string of the molecule is CC(=O)C(C(C)=O)n1c(CN(C)C)nc2sc3c(c2c1=O)CCCC3. The number of Topliss-reactive ketones (excluding diaryl/α,β-unsaturated/α-hetero) is 2. The lowest BCUT2D eigenvalue weighted by Crippen LogP contribution is -2.37. The van der Waals surface area contributed by atoms with Crippen LogP contribution in [0, 0.1) is 0 Å². The average Bonchev–Trinajstić information content (AvgIpc) is 2.87. The highest BCUT2D eigenvalue weighted by atomic mass is 32.1. The maximum atomic E-state index is 13.3. The summed E-state index contributed by atoms with van der Waals surface area (Å²) in [4.78, 5) is 46.1. The maximum absolute atomic E-state index is 13.3. The van der Waals surface area contributed by atoms with Gasteiger partial charge in [0.2, 0.25) is 0 Å². The average molecular weight is 361 g/mol. The van der Waals surface area contributed by atoms with E-state index in [1.54, 1.807) is 11.3 Å². The maximum Gasteiger partial charge on any atom is 0.263 e. The van der Waals surface area contributed by atoms with Crippen molar-refractivity contribution in [3.05, 3.63) is 26.6 Å². The van der Waals surface area contributed by atoms with Crippen LogP contribution in [0.15, 0.2) is 4.79 Å². The van der Waals surface area contributed by atoms with Crippen molar-refractivity contribution in [3.63, 3.8) is 0 Å². The summed E-state index contributed by atoms with van der Waals surface area (Å²) in [7, 11) is 3.74. The molecule has 0 saturated carbocycles. The molecule has 0 atom stereocenters. The number of rotatable bonds is 5. The van der Waals surface area contributed by atoms with E-state index in [1.807, 2.05) is 19.0 Å². The van der Waals surface area contributed by atoms with Gasteiger partial charge in [0.05, 0.1) is 11.9 Å². The van der Waals surface area contributed by atoms with E-state index in [9.17, 15) is 14.4 Å². The Morgan fingerprint density at radius 3 is 2.44 bits per heavy atom. The highest BCUT2D eigenvalue weighted by Gasteiger charge is 2.29. The lowest BCUT2D eigenvalue weighted by atomic mass is 9.97. The summed E-state index contributed by atoms with van der Waals surface area (Å²) in [5, 5.41) is 0.606. The minimum atomic E-state index is -1.10. The molecule has 0 N–H and O–H groups in total. The van der Waals surface area contributed by atoms with Gasteiger partial charge in [-0.2, -0.15) is 0 Å². The molecule has 6 nitrogen and oxygen atoms in total. The fourth-order valence-corrected chi connectivity index (χ4v) is 4.84. The summed E-state index contributed by atoms with van der Waals surface area (Å²) in [6.07, 6.45) is 4.02. The third-order valence-corrected chi connectivity index (χ3v) is 5.77. The Bertz CT molecular complexity index is 896. The van der Waals surface area contributed by atoms with Crippen molar-refractivity contribution in [3.8, 4) is 0 Å². The molecule has 3 rings (SSSR count). The number of nitrogens with zero attached hydrogens (tertiary/aromatic N) is 3. The number of ketones is 2. The second-order valence-corrected chi connectivity index (χ2v) is 8.04. The molecular weight excluding hydrogens is 338 g/mol. The monoisotopic (exact) mass is 361 g/mol. The van der Waals surface area contributed by atoms with E-state index in [0.717, 1.165) is 36.1 Å². The van der Waals surface area contributed by atoms with Crippen molar-refractivity contribution < 1.29 is 9.59 Å². The van der Waals surface area contributed by atoms with Gasteiger partial charge in [-0.3, -0.25) is 19.0 Å². The van der Waals surface area contributed by atoms with Crippen LogP contribution in [0.1, 0.15) is 49.0 Å². The molecule has 7 heteroatoms. The molecule has 134 valence electrons. The van der Waals surface area contributed by atoms with Crippen LogP contribution in [-0.2, 0) is 29.0 Å². The lowest BCUT2D eigenvalue weighted by Gasteiger charge is -2.20. The Balaban J connectivity index is 2.35. The van der Waals surface area contributed by atoms with Gasteiger partial charge in [-0.1, -0.05) is 0 Å². The number of carbonyl (C=O) groups excluding carboxylic acids is 2. The Kier molecular flexibility index (Phi) is 4.88. The summed E-state index contributed by atoms with van der Waals surface area (Å²) in [6.45, 7) is 3.10. The number of carbonyl (C=O) groups is 2. The van der Waals surface area contributed by atoms with Gasteiger partial charge in [0.25, 0.3) is 5.56 Å². The van der Waals surface area contributed by atoms with Crippen LogP contribution in [0.25, 0.3) is 10.2 Å². The highest BCUT2D eigenvalue weighted by Crippen LogP contribution is 2.34. The van der Waals surface area contributed by atoms with Crippen LogP contribution in [-0.4, -0.2) is 40.1 Å². The van der Waals surface area contributed by atoms with Crippen LogP contribution in [0.2, 0.25) is 0 Å². The van der Waals surface area contributed by atoms with Gasteiger partial charge in [0.15, 0.2) is 17.6 Å². The van der Waals surface area contributed by atoms with E-state index in [0.29, 0.717) is 17.8 Å². The highest BCUT2D eigenvalue weighted by molar-refractivity contribution is 7.18. The van der Waals surface area contributed by atoms with Crippen LogP contribution < -0.4 is 5.56 Å². The van der Waals surface area contributed by atoms with Crippen molar-refractivity contribution in [2.45, 2.75) is 52.1 Å². The van der Waals surface area contributed by atoms with Gasteiger partial charge in [0.1, 0.15) is 10.7 Å². The summed E-state index contributed by atoms with van der Waals surface area (Å²) >= 11 is 1.58. The molecule has 1 aliphatic rings.